The lowest BCUT2D eigenvalue weighted by Gasteiger charge is -2.29. The minimum Gasteiger partial charge on any atom is -0.264 e. The number of hydrogen-bond donors (Lipinski definition) is 0. The van der Waals surface area contributed by atoms with Crippen LogP contribution in [0.4, 0.5) is 5.69 Å². The molecule has 24 heavy (non-hydrogen) atoms. The highest BCUT2D eigenvalue weighted by Gasteiger charge is 2.60. The SMILES string of the molecule is O=[N+]([O-])c1cccc2c(CC3([N+](=O)[O-])C[C@@H]4CC[C@H]3C4)nccc12. The summed E-state index contributed by atoms with van der Waals surface area (Å²) in [6.07, 6.45) is 5.26. The molecule has 0 radical (unpaired) electrons. The molecule has 4 rings (SSSR count). The second-order valence-corrected chi connectivity index (χ2v) is 7.00. The maximum absolute atomic E-state index is 11.9. The molecule has 2 saturated carbocycles. The topological polar surface area (TPSA) is 99.2 Å². The van der Waals surface area contributed by atoms with E-state index in [0.29, 0.717) is 28.8 Å². The van der Waals surface area contributed by atoms with E-state index in [1.165, 1.54) is 12.3 Å². The average Bonchev–Trinajstić information content (AvgIpc) is 3.16. The molecule has 0 spiro atoms. The number of pyridine rings is 1. The van der Waals surface area contributed by atoms with Gasteiger partial charge in [-0.05, 0) is 31.2 Å². The van der Waals surface area contributed by atoms with E-state index in [4.69, 9.17) is 0 Å². The summed E-state index contributed by atoms with van der Waals surface area (Å²) in [6.45, 7) is 0. The number of aromatic nitrogens is 1. The summed E-state index contributed by atoms with van der Waals surface area (Å²) in [7, 11) is 0. The number of nitro benzene ring substituents is 1. The van der Waals surface area contributed by atoms with E-state index >= 15 is 0 Å². The Morgan fingerprint density at radius 3 is 2.62 bits per heavy atom. The van der Waals surface area contributed by atoms with Crippen molar-refractivity contribution in [1.29, 1.82) is 0 Å². The Balaban J connectivity index is 1.81. The Kier molecular flexibility index (Phi) is 3.26. The van der Waals surface area contributed by atoms with Crippen LogP contribution in [0.5, 0.6) is 0 Å². The molecule has 2 aliphatic rings. The first-order valence-electron chi connectivity index (χ1n) is 8.17. The highest BCUT2D eigenvalue weighted by Crippen LogP contribution is 2.53. The average molecular weight is 327 g/mol. The zero-order chi connectivity index (χ0) is 16.9. The van der Waals surface area contributed by atoms with Gasteiger partial charge in [0.2, 0.25) is 5.54 Å². The van der Waals surface area contributed by atoms with E-state index in [1.54, 1.807) is 18.2 Å². The van der Waals surface area contributed by atoms with E-state index in [1.807, 2.05) is 0 Å². The monoisotopic (exact) mass is 327 g/mol. The van der Waals surface area contributed by atoms with Gasteiger partial charge in [-0.1, -0.05) is 12.1 Å². The number of fused-ring (bicyclic) bond motifs is 3. The van der Waals surface area contributed by atoms with Crippen LogP contribution in [0, 0.1) is 32.1 Å². The molecule has 2 aliphatic carbocycles. The molecule has 1 aromatic heterocycles. The largest absolute Gasteiger partial charge is 0.277 e. The van der Waals surface area contributed by atoms with Gasteiger partial charge in [-0.15, -0.1) is 0 Å². The summed E-state index contributed by atoms with van der Waals surface area (Å²) in [5, 5.41) is 24.3. The fourth-order valence-electron chi connectivity index (χ4n) is 4.76. The van der Waals surface area contributed by atoms with Crippen molar-refractivity contribution in [1.82, 2.24) is 4.98 Å². The second-order valence-electron chi connectivity index (χ2n) is 7.00. The Bertz CT molecular complexity index is 853. The quantitative estimate of drug-likeness (QED) is 0.632. The van der Waals surface area contributed by atoms with E-state index in [2.05, 4.69) is 4.98 Å². The van der Waals surface area contributed by atoms with Crippen LogP contribution in [0.3, 0.4) is 0 Å². The molecule has 0 N–H and O–H groups in total. The standard InChI is InChI=1S/C17H17N3O4/c21-19(22)16-3-1-2-13-14(16)6-7-18-15(13)10-17(20(23)24)9-11-4-5-12(17)8-11/h1-3,6-7,11-12H,4-5,8-10H2/t11-,12+,17?/m1/s1. The first-order valence-corrected chi connectivity index (χ1v) is 8.17. The van der Waals surface area contributed by atoms with Crippen LogP contribution in [-0.2, 0) is 6.42 Å². The predicted molar refractivity (Wildman–Crippen MR) is 87.3 cm³/mol. The second kappa shape index (κ2) is 5.22. The zero-order valence-electron chi connectivity index (χ0n) is 13.1. The molecule has 7 nitrogen and oxygen atoms in total. The van der Waals surface area contributed by atoms with Crippen molar-refractivity contribution in [2.45, 2.75) is 37.6 Å². The minimum absolute atomic E-state index is 0.0132. The third kappa shape index (κ3) is 2.07. The fraction of sp³-hybridized carbons (Fsp3) is 0.471. The van der Waals surface area contributed by atoms with Crippen molar-refractivity contribution in [2.24, 2.45) is 11.8 Å². The molecule has 1 aromatic carbocycles. The fourth-order valence-corrected chi connectivity index (χ4v) is 4.76. The van der Waals surface area contributed by atoms with E-state index in [-0.39, 0.29) is 22.9 Å². The van der Waals surface area contributed by atoms with Gasteiger partial charge in [0, 0.05) is 34.9 Å². The lowest BCUT2D eigenvalue weighted by Crippen LogP contribution is -2.45. The Hall–Kier alpha value is -2.57. The predicted octanol–water partition coefficient (Wildman–Crippen LogP) is 3.52. The van der Waals surface area contributed by atoms with Crippen LogP contribution >= 0.6 is 0 Å². The van der Waals surface area contributed by atoms with Crippen LogP contribution in [0.25, 0.3) is 10.8 Å². The van der Waals surface area contributed by atoms with Crippen LogP contribution in [0.1, 0.15) is 31.4 Å². The van der Waals surface area contributed by atoms with Crippen LogP contribution in [-0.4, -0.2) is 20.4 Å². The molecule has 3 atom stereocenters. The van der Waals surface area contributed by atoms with Gasteiger partial charge in [0.15, 0.2) is 0 Å². The van der Waals surface area contributed by atoms with Crippen molar-refractivity contribution < 1.29 is 9.85 Å². The zero-order valence-corrected chi connectivity index (χ0v) is 13.1. The van der Waals surface area contributed by atoms with Crippen LogP contribution < -0.4 is 0 Å². The number of benzene rings is 1. The molecule has 2 bridgehead atoms. The van der Waals surface area contributed by atoms with Crippen LogP contribution in [0.2, 0.25) is 0 Å². The van der Waals surface area contributed by atoms with Gasteiger partial charge in [-0.2, -0.15) is 0 Å². The number of nitro groups is 2. The molecule has 7 heteroatoms. The van der Waals surface area contributed by atoms with Gasteiger partial charge in [0.1, 0.15) is 0 Å². The third-order valence-electron chi connectivity index (χ3n) is 5.84. The summed E-state index contributed by atoms with van der Waals surface area (Å²) in [5.74, 6) is 0.526. The number of rotatable bonds is 4. The van der Waals surface area contributed by atoms with Gasteiger partial charge in [0.25, 0.3) is 5.69 Å². The molecule has 2 fully saturated rings. The van der Waals surface area contributed by atoms with Gasteiger partial charge in [0.05, 0.1) is 22.4 Å². The molecular formula is C17H17N3O4. The van der Waals surface area contributed by atoms with Gasteiger partial charge in [-0.25, -0.2) is 0 Å². The first kappa shape index (κ1) is 15.0. The lowest BCUT2D eigenvalue weighted by atomic mass is 9.77. The molecule has 0 amide bonds. The highest BCUT2D eigenvalue weighted by atomic mass is 16.6. The van der Waals surface area contributed by atoms with E-state index in [9.17, 15) is 20.2 Å². The van der Waals surface area contributed by atoms with Crippen LogP contribution in [0.15, 0.2) is 30.5 Å². The Morgan fingerprint density at radius 2 is 2.00 bits per heavy atom. The van der Waals surface area contributed by atoms with Crippen molar-refractivity contribution in [3.8, 4) is 0 Å². The van der Waals surface area contributed by atoms with E-state index in [0.717, 1.165) is 19.3 Å². The normalized spacial score (nSPS) is 28.3. The Morgan fingerprint density at radius 1 is 1.17 bits per heavy atom. The molecule has 0 saturated heterocycles. The van der Waals surface area contributed by atoms with Crippen molar-refractivity contribution in [3.63, 3.8) is 0 Å². The maximum Gasteiger partial charge on any atom is 0.277 e. The molecule has 1 unspecified atom stereocenters. The molecule has 0 aliphatic heterocycles. The lowest BCUT2D eigenvalue weighted by molar-refractivity contribution is -0.579. The van der Waals surface area contributed by atoms with Crippen molar-refractivity contribution in [3.05, 3.63) is 56.4 Å². The summed E-state index contributed by atoms with van der Waals surface area (Å²) in [4.78, 5) is 26.9. The Labute approximate surface area is 138 Å². The van der Waals surface area contributed by atoms with Crippen molar-refractivity contribution in [2.75, 3.05) is 0 Å². The summed E-state index contributed by atoms with van der Waals surface area (Å²) in [5.41, 5.74) is -0.353. The highest BCUT2D eigenvalue weighted by molar-refractivity contribution is 5.92. The third-order valence-corrected chi connectivity index (χ3v) is 5.84. The summed E-state index contributed by atoms with van der Waals surface area (Å²) >= 11 is 0. The van der Waals surface area contributed by atoms with Gasteiger partial charge >= 0.3 is 0 Å². The summed E-state index contributed by atoms with van der Waals surface area (Å²) in [6, 6.07) is 6.44. The molecule has 2 aromatic rings. The number of non-ortho nitro benzene ring substituents is 1. The van der Waals surface area contributed by atoms with Gasteiger partial charge < -0.3 is 0 Å². The van der Waals surface area contributed by atoms with Crippen molar-refractivity contribution >= 4 is 16.5 Å². The molecule has 124 valence electrons. The minimum atomic E-state index is -0.963. The van der Waals surface area contributed by atoms with E-state index < -0.39 is 10.5 Å². The smallest absolute Gasteiger partial charge is 0.264 e. The first-order chi connectivity index (χ1) is 11.5. The maximum atomic E-state index is 11.9. The molecular weight excluding hydrogens is 310 g/mol. The number of nitrogens with zero attached hydrogens (tertiary/aromatic N) is 3. The summed E-state index contributed by atoms with van der Waals surface area (Å²) < 4.78 is 0. The molecule has 1 heterocycles. The van der Waals surface area contributed by atoms with Gasteiger partial charge in [-0.3, -0.25) is 25.2 Å². The number of hydrogen-bond acceptors (Lipinski definition) is 5.